The van der Waals surface area contributed by atoms with Gasteiger partial charge in [0.2, 0.25) is 10.0 Å². The normalized spacial score (nSPS) is 18.9. The average Bonchev–Trinajstić information content (AvgIpc) is 3.27. The minimum atomic E-state index is -3.58. The monoisotopic (exact) mass is 519 g/mol. The van der Waals surface area contributed by atoms with Crippen LogP contribution in [0.5, 0.6) is 0 Å². The molecule has 0 radical (unpaired) electrons. The summed E-state index contributed by atoms with van der Waals surface area (Å²) < 4.78 is 28.9. The molecule has 1 saturated heterocycles. The van der Waals surface area contributed by atoms with Crippen molar-refractivity contribution in [3.63, 3.8) is 0 Å². The van der Waals surface area contributed by atoms with Crippen LogP contribution >= 0.6 is 11.3 Å². The lowest BCUT2D eigenvalue weighted by molar-refractivity contribution is 0.102. The SMILES string of the molecule is Cc1ccc2nc(-c3ccc(NC(=O)c4ccc(S(=O)(=O)N5C[C@H](C)C[C@@H](C)C5)cc4)cc3)sc2c1. The fourth-order valence-corrected chi connectivity index (χ4v) is 7.53. The molecule has 1 N–H and O–H groups in total. The molecule has 1 amide bonds. The molecule has 0 aliphatic carbocycles. The number of thiazole rings is 1. The van der Waals surface area contributed by atoms with E-state index in [9.17, 15) is 13.2 Å². The van der Waals surface area contributed by atoms with Crippen LogP contribution in [0, 0.1) is 18.8 Å². The van der Waals surface area contributed by atoms with Crippen LogP contribution in [0.1, 0.15) is 36.2 Å². The molecule has 0 bridgehead atoms. The number of nitrogens with zero attached hydrogens (tertiary/aromatic N) is 2. The highest BCUT2D eigenvalue weighted by atomic mass is 32.2. The first-order chi connectivity index (χ1) is 17.2. The van der Waals surface area contributed by atoms with Gasteiger partial charge < -0.3 is 5.32 Å². The summed E-state index contributed by atoms with van der Waals surface area (Å²) >= 11 is 1.64. The van der Waals surface area contributed by atoms with Gasteiger partial charge in [0.1, 0.15) is 5.01 Å². The lowest BCUT2D eigenvalue weighted by Gasteiger charge is -2.34. The highest BCUT2D eigenvalue weighted by Gasteiger charge is 2.31. The summed E-state index contributed by atoms with van der Waals surface area (Å²) in [4.78, 5) is 17.7. The number of carbonyl (C=O) groups excluding carboxylic acids is 1. The number of nitrogens with one attached hydrogen (secondary N) is 1. The van der Waals surface area contributed by atoms with E-state index in [1.807, 2.05) is 30.3 Å². The van der Waals surface area contributed by atoms with Crippen molar-refractivity contribution in [2.24, 2.45) is 11.8 Å². The van der Waals surface area contributed by atoms with Crippen molar-refractivity contribution < 1.29 is 13.2 Å². The molecule has 2 heterocycles. The van der Waals surface area contributed by atoms with Crippen LogP contribution in [0.2, 0.25) is 0 Å². The summed E-state index contributed by atoms with van der Waals surface area (Å²) in [6, 6.07) is 20.0. The van der Waals surface area contributed by atoms with Crippen LogP contribution in [0.25, 0.3) is 20.8 Å². The molecule has 1 aliphatic rings. The van der Waals surface area contributed by atoms with Gasteiger partial charge in [-0.05, 0) is 91.4 Å². The van der Waals surface area contributed by atoms with Crippen molar-refractivity contribution >= 4 is 43.2 Å². The number of sulfonamides is 1. The van der Waals surface area contributed by atoms with E-state index in [1.54, 1.807) is 27.8 Å². The zero-order valence-corrected chi connectivity index (χ0v) is 22.2. The first-order valence-corrected chi connectivity index (χ1v) is 14.3. The van der Waals surface area contributed by atoms with E-state index in [4.69, 9.17) is 4.98 Å². The largest absolute Gasteiger partial charge is 0.322 e. The lowest BCUT2D eigenvalue weighted by atomic mass is 9.94. The molecule has 36 heavy (non-hydrogen) atoms. The van der Waals surface area contributed by atoms with Crippen LogP contribution in [-0.4, -0.2) is 36.7 Å². The van der Waals surface area contributed by atoms with Crippen LogP contribution in [-0.2, 0) is 10.0 Å². The maximum absolute atomic E-state index is 13.1. The Balaban J connectivity index is 1.27. The Morgan fingerprint density at radius 2 is 1.64 bits per heavy atom. The summed E-state index contributed by atoms with van der Waals surface area (Å²) in [6.45, 7) is 7.29. The summed E-state index contributed by atoms with van der Waals surface area (Å²) in [7, 11) is -3.58. The molecule has 3 aromatic carbocycles. The second-order valence-electron chi connectivity index (χ2n) is 9.81. The van der Waals surface area contributed by atoms with Gasteiger partial charge in [-0.3, -0.25) is 4.79 Å². The molecule has 0 spiro atoms. The highest BCUT2D eigenvalue weighted by Crippen LogP contribution is 2.31. The number of carbonyl (C=O) groups is 1. The van der Waals surface area contributed by atoms with Crippen molar-refractivity contribution in [2.45, 2.75) is 32.1 Å². The average molecular weight is 520 g/mol. The molecular formula is C28H29N3O3S2. The van der Waals surface area contributed by atoms with Crippen molar-refractivity contribution in [1.82, 2.24) is 9.29 Å². The number of benzene rings is 3. The molecular weight excluding hydrogens is 490 g/mol. The number of hydrogen-bond acceptors (Lipinski definition) is 5. The highest BCUT2D eigenvalue weighted by molar-refractivity contribution is 7.89. The third-order valence-corrected chi connectivity index (χ3v) is 9.44. The smallest absolute Gasteiger partial charge is 0.255 e. The van der Waals surface area contributed by atoms with Gasteiger partial charge in [0.25, 0.3) is 5.91 Å². The Bertz CT molecular complexity index is 1500. The predicted octanol–water partition coefficient (Wildman–Crippen LogP) is 6.19. The van der Waals surface area contributed by atoms with Crippen LogP contribution < -0.4 is 5.32 Å². The van der Waals surface area contributed by atoms with Crippen LogP contribution in [0.4, 0.5) is 5.69 Å². The van der Waals surface area contributed by atoms with E-state index < -0.39 is 10.0 Å². The number of amides is 1. The minimum Gasteiger partial charge on any atom is -0.322 e. The molecule has 5 rings (SSSR count). The van der Waals surface area contributed by atoms with Gasteiger partial charge in [-0.25, -0.2) is 13.4 Å². The number of fused-ring (bicyclic) bond motifs is 1. The van der Waals surface area contributed by atoms with Crippen molar-refractivity contribution in [3.8, 4) is 10.6 Å². The fourth-order valence-electron chi connectivity index (χ4n) is 4.78. The molecule has 6 nitrogen and oxygen atoms in total. The van der Waals surface area contributed by atoms with E-state index >= 15 is 0 Å². The van der Waals surface area contributed by atoms with Crippen LogP contribution in [0.15, 0.2) is 71.6 Å². The Labute approximate surface area is 216 Å². The number of aromatic nitrogens is 1. The third kappa shape index (κ3) is 5.07. The Morgan fingerprint density at radius 1 is 0.972 bits per heavy atom. The number of aryl methyl sites for hydroxylation is 1. The van der Waals surface area contributed by atoms with E-state index in [0.717, 1.165) is 27.2 Å². The maximum atomic E-state index is 13.1. The van der Waals surface area contributed by atoms with E-state index in [0.29, 0.717) is 36.2 Å². The number of piperidine rings is 1. The number of anilines is 1. The first-order valence-electron chi connectivity index (χ1n) is 12.1. The zero-order valence-electron chi connectivity index (χ0n) is 20.6. The van der Waals surface area contributed by atoms with Crippen molar-refractivity contribution in [2.75, 3.05) is 18.4 Å². The summed E-state index contributed by atoms with van der Waals surface area (Å²) in [5.41, 5.74) is 4.24. The second-order valence-corrected chi connectivity index (χ2v) is 12.8. The molecule has 0 saturated carbocycles. The van der Waals surface area contributed by atoms with Crippen molar-refractivity contribution in [3.05, 3.63) is 77.9 Å². The molecule has 1 aromatic heterocycles. The van der Waals surface area contributed by atoms with Gasteiger partial charge in [0, 0.05) is 29.9 Å². The topological polar surface area (TPSA) is 79.4 Å². The fraction of sp³-hybridized carbons (Fsp3) is 0.286. The zero-order chi connectivity index (χ0) is 25.4. The van der Waals surface area contributed by atoms with Gasteiger partial charge in [-0.1, -0.05) is 19.9 Å². The van der Waals surface area contributed by atoms with Gasteiger partial charge in [0.05, 0.1) is 15.1 Å². The maximum Gasteiger partial charge on any atom is 0.255 e. The van der Waals surface area contributed by atoms with Gasteiger partial charge >= 0.3 is 0 Å². The van der Waals surface area contributed by atoms with E-state index in [-0.39, 0.29) is 10.8 Å². The summed E-state index contributed by atoms with van der Waals surface area (Å²) in [5.74, 6) is 0.375. The first kappa shape index (κ1) is 24.6. The van der Waals surface area contributed by atoms with Gasteiger partial charge in [-0.15, -0.1) is 11.3 Å². The third-order valence-electron chi connectivity index (χ3n) is 6.52. The lowest BCUT2D eigenvalue weighted by Crippen LogP contribution is -2.42. The van der Waals surface area contributed by atoms with E-state index in [2.05, 4.69) is 38.2 Å². The Hall–Kier alpha value is -3.07. The molecule has 186 valence electrons. The quantitative estimate of drug-likeness (QED) is 0.341. The molecule has 8 heteroatoms. The summed E-state index contributed by atoms with van der Waals surface area (Å²) in [6.07, 6.45) is 1.03. The number of hydrogen-bond donors (Lipinski definition) is 1. The molecule has 1 fully saturated rings. The molecule has 1 aliphatic heterocycles. The number of rotatable bonds is 5. The summed E-state index contributed by atoms with van der Waals surface area (Å²) in [5, 5.41) is 3.82. The second kappa shape index (κ2) is 9.76. The predicted molar refractivity (Wildman–Crippen MR) is 146 cm³/mol. The molecule has 0 unspecified atom stereocenters. The van der Waals surface area contributed by atoms with Gasteiger partial charge in [-0.2, -0.15) is 4.31 Å². The van der Waals surface area contributed by atoms with Crippen molar-refractivity contribution in [1.29, 1.82) is 0 Å². The Kier molecular flexibility index (Phi) is 6.68. The van der Waals surface area contributed by atoms with Gasteiger partial charge in [0.15, 0.2) is 0 Å². The standard InChI is InChI=1S/C28H29N3O3S2/c1-18-4-13-25-26(15-18)35-28(30-25)22-5-9-23(10-6-22)29-27(32)21-7-11-24(12-8-21)36(33,34)31-16-19(2)14-20(3)17-31/h4-13,15,19-20H,14,16-17H2,1-3H3,(H,29,32)/t19-,20-/m1/s1. The molecule has 4 aromatic rings. The van der Waals surface area contributed by atoms with E-state index in [1.165, 1.54) is 17.7 Å². The Morgan fingerprint density at radius 3 is 2.31 bits per heavy atom. The van der Waals surface area contributed by atoms with Crippen LogP contribution in [0.3, 0.4) is 0 Å². The molecule has 2 atom stereocenters. The minimum absolute atomic E-state index is 0.218.